The largest absolute Gasteiger partial charge is 0.316 e. The van der Waals surface area contributed by atoms with Crippen LogP contribution in [0.4, 0.5) is 0 Å². The molecule has 1 rings (SSSR count). The molecule has 5 heteroatoms. The quantitative estimate of drug-likeness (QED) is 0.614. The molecule has 0 amide bonds. The van der Waals surface area contributed by atoms with E-state index in [-0.39, 0.29) is 18.7 Å². The number of aromatic nitrogens is 2. The predicted molar refractivity (Wildman–Crippen MR) is 51.2 cm³/mol. The van der Waals surface area contributed by atoms with E-state index in [9.17, 15) is 14.4 Å². The van der Waals surface area contributed by atoms with Crippen LogP contribution in [-0.4, -0.2) is 14.9 Å². The third-order valence-corrected chi connectivity index (χ3v) is 1.94. The molecule has 5 nitrogen and oxygen atoms in total. The lowest BCUT2D eigenvalue weighted by Gasteiger charge is -2.03. The van der Waals surface area contributed by atoms with Crippen LogP contribution in [0.15, 0.2) is 22.0 Å². The van der Waals surface area contributed by atoms with Crippen LogP contribution in [0, 0.1) is 0 Å². The van der Waals surface area contributed by atoms with E-state index >= 15 is 0 Å². The fourth-order valence-corrected chi connectivity index (χ4v) is 1.04. The van der Waals surface area contributed by atoms with Gasteiger partial charge in [-0.05, 0) is 6.92 Å². The van der Waals surface area contributed by atoms with E-state index in [2.05, 4.69) is 0 Å². The molecule has 0 saturated heterocycles. The van der Waals surface area contributed by atoms with Crippen molar-refractivity contribution in [3.05, 3.63) is 33.1 Å². The molecule has 14 heavy (non-hydrogen) atoms. The van der Waals surface area contributed by atoms with Gasteiger partial charge in [0.25, 0.3) is 0 Å². The van der Waals surface area contributed by atoms with Crippen molar-refractivity contribution in [1.82, 2.24) is 9.13 Å². The first-order valence-corrected chi connectivity index (χ1v) is 4.28. The van der Waals surface area contributed by atoms with Crippen LogP contribution in [0.5, 0.6) is 0 Å². The Morgan fingerprint density at radius 2 is 1.93 bits per heavy atom. The number of Topliss-reactive ketones (excluding diaryl/α,β-unsaturated/α-hetero) is 1. The Morgan fingerprint density at radius 3 is 2.50 bits per heavy atom. The molecule has 0 aromatic carbocycles. The van der Waals surface area contributed by atoms with Gasteiger partial charge in [0, 0.05) is 32.4 Å². The average molecular weight is 196 g/mol. The Labute approximate surface area is 80.6 Å². The Hall–Kier alpha value is -1.65. The van der Waals surface area contributed by atoms with Gasteiger partial charge >= 0.3 is 11.1 Å². The van der Waals surface area contributed by atoms with Gasteiger partial charge in [0.1, 0.15) is 5.78 Å². The molecule has 0 saturated carbocycles. The molecular weight excluding hydrogens is 184 g/mol. The standard InChI is InChI=1S/C9H12N2O3/c1-7(12)3-4-11-6-5-10(2)8(13)9(11)14/h5-6H,3-4H2,1-2H3. The van der Waals surface area contributed by atoms with Gasteiger partial charge in [-0.2, -0.15) is 0 Å². The zero-order chi connectivity index (χ0) is 10.7. The van der Waals surface area contributed by atoms with Gasteiger partial charge in [0.2, 0.25) is 0 Å². The molecule has 0 spiro atoms. The van der Waals surface area contributed by atoms with E-state index in [1.54, 1.807) is 0 Å². The lowest BCUT2D eigenvalue weighted by Crippen LogP contribution is -2.39. The van der Waals surface area contributed by atoms with Crippen LogP contribution in [0.3, 0.4) is 0 Å². The van der Waals surface area contributed by atoms with Gasteiger partial charge in [0.05, 0.1) is 0 Å². The summed E-state index contributed by atoms with van der Waals surface area (Å²) in [6.45, 7) is 1.72. The number of carbonyl (C=O) groups excluding carboxylic acids is 1. The molecule has 0 aliphatic heterocycles. The van der Waals surface area contributed by atoms with Crippen molar-refractivity contribution in [3.8, 4) is 0 Å². The number of ketones is 1. The fraction of sp³-hybridized carbons (Fsp3) is 0.444. The van der Waals surface area contributed by atoms with Crippen LogP contribution in [0.2, 0.25) is 0 Å². The summed E-state index contributed by atoms with van der Waals surface area (Å²) in [7, 11) is 1.51. The minimum absolute atomic E-state index is 0.00224. The summed E-state index contributed by atoms with van der Waals surface area (Å²) < 4.78 is 2.47. The Morgan fingerprint density at radius 1 is 1.29 bits per heavy atom. The third kappa shape index (κ3) is 2.18. The second-order valence-electron chi connectivity index (χ2n) is 3.16. The van der Waals surface area contributed by atoms with Crippen LogP contribution in [0.1, 0.15) is 13.3 Å². The summed E-state index contributed by atoms with van der Waals surface area (Å²) in [5.41, 5.74) is -1.16. The highest BCUT2D eigenvalue weighted by atomic mass is 16.2. The van der Waals surface area contributed by atoms with E-state index in [1.807, 2.05) is 0 Å². The maximum atomic E-state index is 11.3. The molecule has 0 N–H and O–H groups in total. The molecule has 0 atom stereocenters. The normalized spacial score (nSPS) is 10.1. The lowest BCUT2D eigenvalue weighted by molar-refractivity contribution is -0.117. The molecule has 1 aromatic rings. The van der Waals surface area contributed by atoms with Crippen molar-refractivity contribution in [2.75, 3.05) is 0 Å². The predicted octanol–water partition coefficient (Wildman–Crippen LogP) is -0.474. The summed E-state index contributed by atoms with van der Waals surface area (Å²) in [6, 6.07) is 0. The molecule has 76 valence electrons. The highest BCUT2D eigenvalue weighted by Crippen LogP contribution is 1.86. The van der Waals surface area contributed by atoms with E-state index in [0.717, 1.165) is 0 Å². The maximum absolute atomic E-state index is 11.3. The lowest BCUT2D eigenvalue weighted by atomic mass is 10.3. The number of carbonyl (C=O) groups is 1. The minimum atomic E-state index is -0.587. The highest BCUT2D eigenvalue weighted by molar-refractivity contribution is 5.75. The monoisotopic (exact) mass is 196 g/mol. The fourth-order valence-electron chi connectivity index (χ4n) is 1.04. The van der Waals surface area contributed by atoms with E-state index in [0.29, 0.717) is 0 Å². The minimum Gasteiger partial charge on any atom is -0.312 e. The van der Waals surface area contributed by atoms with Crippen molar-refractivity contribution < 1.29 is 4.79 Å². The van der Waals surface area contributed by atoms with Crippen molar-refractivity contribution in [2.24, 2.45) is 7.05 Å². The van der Waals surface area contributed by atoms with Crippen LogP contribution in [-0.2, 0) is 18.4 Å². The second kappa shape index (κ2) is 4.04. The molecule has 1 aromatic heterocycles. The van der Waals surface area contributed by atoms with E-state index < -0.39 is 11.1 Å². The summed E-state index contributed by atoms with van der Waals surface area (Å²) in [6.07, 6.45) is 3.28. The molecular formula is C9H12N2O3. The molecule has 0 aliphatic carbocycles. The van der Waals surface area contributed by atoms with Crippen molar-refractivity contribution in [2.45, 2.75) is 19.9 Å². The van der Waals surface area contributed by atoms with Crippen molar-refractivity contribution in [1.29, 1.82) is 0 Å². The van der Waals surface area contributed by atoms with E-state index in [1.165, 1.54) is 35.5 Å². The topological polar surface area (TPSA) is 61.1 Å². The van der Waals surface area contributed by atoms with Gasteiger partial charge in [-0.25, -0.2) is 0 Å². The molecule has 1 heterocycles. The number of hydrogen-bond donors (Lipinski definition) is 0. The van der Waals surface area contributed by atoms with Crippen molar-refractivity contribution in [3.63, 3.8) is 0 Å². The smallest absolute Gasteiger partial charge is 0.312 e. The number of rotatable bonds is 3. The van der Waals surface area contributed by atoms with Crippen LogP contribution < -0.4 is 11.1 Å². The Bertz CT molecular complexity index is 456. The van der Waals surface area contributed by atoms with Gasteiger partial charge in [-0.3, -0.25) is 14.4 Å². The van der Waals surface area contributed by atoms with Gasteiger partial charge in [-0.15, -0.1) is 0 Å². The summed E-state index contributed by atoms with van der Waals surface area (Å²) in [5, 5.41) is 0. The zero-order valence-electron chi connectivity index (χ0n) is 8.19. The molecule has 0 bridgehead atoms. The Balaban J connectivity index is 3.01. The first kappa shape index (κ1) is 10.4. The number of hydrogen-bond acceptors (Lipinski definition) is 3. The Kier molecular flexibility index (Phi) is 3.01. The highest BCUT2D eigenvalue weighted by Gasteiger charge is 2.02. The summed E-state index contributed by atoms with van der Waals surface area (Å²) >= 11 is 0. The van der Waals surface area contributed by atoms with E-state index in [4.69, 9.17) is 0 Å². The van der Waals surface area contributed by atoms with Crippen LogP contribution in [0.25, 0.3) is 0 Å². The number of nitrogens with zero attached hydrogens (tertiary/aromatic N) is 2. The maximum Gasteiger partial charge on any atom is 0.316 e. The second-order valence-corrected chi connectivity index (χ2v) is 3.16. The molecule has 0 radical (unpaired) electrons. The first-order chi connectivity index (χ1) is 6.52. The molecule has 0 fully saturated rings. The van der Waals surface area contributed by atoms with Gasteiger partial charge < -0.3 is 9.13 Å². The number of aryl methyl sites for hydroxylation is 2. The summed E-state index contributed by atoms with van der Waals surface area (Å²) in [4.78, 5) is 33.2. The van der Waals surface area contributed by atoms with Crippen LogP contribution >= 0.6 is 0 Å². The van der Waals surface area contributed by atoms with Gasteiger partial charge in [-0.1, -0.05) is 0 Å². The zero-order valence-corrected chi connectivity index (χ0v) is 8.19. The first-order valence-electron chi connectivity index (χ1n) is 4.28. The third-order valence-electron chi connectivity index (χ3n) is 1.94. The summed E-state index contributed by atoms with van der Waals surface area (Å²) in [5.74, 6) is -0.00224. The van der Waals surface area contributed by atoms with Crippen molar-refractivity contribution >= 4 is 5.78 Å². The SMILES string of the molecule is CC(=O)CCn1ccn(C)c(=O)c1=O. The van der Waals surface area contributed by atoms with Gasteiger partial charge in [0.15, 0.2) is 0 Å². The molecule has 0 unspecified atom stereocenters. The molecule has 0 aliphatic rings. The average Bonchev–Trinajstić information content (AvgIpc) is 2.13.